The Bertz CT molecular complexity index is 748. The number of aromatic amines is 1. The fourth-order valence-electron chi connectivity index (χ4n) is 4.22. The summed E-state index contributed by atoms with van der Waals surface area (Å²) >= 11 is 0. The molecule has 3 aliphatic rings. The molecular formula is C15H22N4O4S. The Balaban J connectivity index is 1.62. The molecule has 3 saturated heterocycles. The van der Waals surface area contributed by atoms with Crippen molar-refractivity contribution in [3.63, 3.8) is 0 Å². The normalized spacial score (nSPS) is 34.7. The number of nitrogens with one attached hydrogen (secondary N) is 1. The van der Waals surface area contributed by atoms with Crippen LogP contribution in [0.25, 0.3) is 0 Å². The van der Waals surface area contributed by atoms with Gasteiger partial charge in [0.2, 0.25) is 10.0 Å². The van der Waals surface area contributed by atoms with E-state index in [0.29, 0.717) is 38.3 Å². The number of ether oxygens (including phenoxy) is 1. The molecule has 3 atom stereocenters. The molecule has 3 aliphatic heterocycles. The number of fused-ring (bicyclic) bond motifs is 1. The first-order valence-corrected chi connectivity index (χ1v) is 9.77. The van der Waals surface area contributed by atoms with Crippen molar-refractivity contribution in [1.29, 1.82) is 0 Å². The fourth-order valence-corrected chi connectivity index (χ4v) is 6.69. The summed E-state index contributed by atoms with van der Waals surface area (Å²) in [5.41, 5.74) is -0.379. The molecule has 1 aromatic heterocycles. The Kier molecular flexibility index (Phi) is 3.52. The van der Waals surface area contributed by atoms with Crippen molar-refractivity contribution < 1.29 is 17.9 Å². The molecule has 132 valence electrons. The number of morpholine rings is 1. The molecule has 0 radical (unpaired) electrons. The monoisotopic (exact) mass is 354 g/mol. The van der Waals surface area contributed by atoms with Crippen LogP contribution in [0.15, 0.2) is 12.3 Å². The van der Waals surface area contributed by atoms with E-state index in [0.717, 1.165) is 0 Å². The van der Waals surface area contributed by atoms with Gasteiger partial charge in [-0.15, -0.1) is 0 Å². The highest BCUT2D eigenvalue weighted by atomic mass is 32.2. The molecule has 0 aliphatic carbocycles. The lowest BCUT2D eigenvalue weighted by Crippen LogP contribution is -2.56. The second kappa shape index (κ2) is 5.27. The second-order valence-corrected chi connectivity index (χ2v) is 9.53. The van der Waals surface area contributed by atoms with Gasteiger partial charge in [-0.25, -0.2) is 8.42 Å². The highest BCUT2D eigenvalue weighted by Crippen LogP contribution is 2.46. The number of aromatic nitrogens is 2. The average Bonchev–Trinajstić information content (AvgIpc) is 3.15. The third kappa shape index (κ3) is 2.29. The molecule has 9 heteroatoms. The number of nitrogens with zero attached hydrogens (tertiary/aromatic N) is 3. The van der Waals surface area contributed by atoms with E-state index >= 15 is 0 Å². The van der Waals surface area contributed by atoms with Gasteiger partial charge in [-0.3, -0.25) is 9.89 Å². The molecule has 1 aromatic rings. The molecule has 8 nitrogen and oxygen atoms in total. The molecule has 3 fully saturated rings. The van der Waals surface area contributed by atoms with Crippen LogP contribution in [0.3, 0.4) is 0 Å². The van der Waals surface area contributed by atoms with E-state index < -0.39 is 20.9 Å². The molecule has 0 saturated carbocycles. The topological polar surface area (TPSA) is 95.6 Å². The fraction of sp³-hybridized carbons (Fsp3) is 0.733. The number of carbonyl (C=O) groups is 1. The zero-order chi connectivity index (χ0) is 17.1. The maximum atomic E-state index is 12.9. The quantitative estimate of drug-likeness (QED) is 0.828. The lowest BCUT2D eigenvalue weighted by molar-refractivity contribution is -0.0980. The highest BCUT2D eigenvalue weighted by molar-refractivity contribution is 7.90. The van der Waals surface area contributed by atoms with E-state index in [4.69, 9.17) is 4.74 Å². The molecule has 1 amide bonds. The molecule has 4 rings (SSSR count). The lowest BCUT2D eigenvalue weighted by Gasteiger charge is -2.39. The first-order chi connectivity index (χ1) is 11.3. The minimum absolute atomic E-state index is 0.152. The van der Waals surface area contributed by atoms with E-state index in [2.05, 4.69) is 10.2 Å². The third-order valence-electron chi connectivity index (χ3n) is 5.10. The van der Waals surface area contributed by atoms with Crippen LogP contribution in [0.1, 0.15) is 30.8 Å². The highest BCUT2D eigenvalue weighted by Gasteiger charge is 2.65. The van der Waals surface area contributed by atoms with Crippen LogP contribution in [0, 0.1) is 5.92 Å². The lowest BCUT2D eigenvalue weighted by atomic mass is 9.99. The minimum atomic E-state index is -3.38. The summed E-state index contributed by atoms with van der Waals surface area (Å²) < 4.78 is 33.4. The number of amides is 1. The number of rotatable bonds is 3. The zero-order valence-corrected chi connectivity index (χ0v) is 14.6. The van der Waals surface area contributed by atoms with Gasteiger partial charge < -0.3 is 9.64 Å². The van der Waals surface area contributed by atoms with Crippen LogP contribution in [0.2, 0.25) is 0 Å². The number of likely N-dealkylation sites (tertiary alicyclic amines) is 1. The van der Waals surface area contributed by atoms with Crippen LogP contribution < -0.4 is 0 Å². The van der Waals surface area contributed by atoms with Crippen molar-refractivity contribution in [3.05, 3.63) is 18.0 Å². The second-order valence-electron chi connectivity index (χ2n) is 7.42. The summed E-state index contributed by atoms with van der Waals surface area (Å²) in [6.45, 7) is 5.56. The van der Waals surface area contributed by atoms with E-state index in [1.54, 1.807) is 15.3 Å². The minimum Gasteiger partial charge on any atom is -0.365 e. The Morgan fingerprint density at radius 3 is 2.96 bits per heavy atom. The van der Waals surface area contributed by atoms with Crippen molar-refractivity contribution >= 4 is 15.9 Å². The van der Waals surface area contributed by atoms with Gasteiger partial charge in [0.25, 0.3) is 5.91 Å². The number of H-pyrrole nitrogens is 1. The van der Waals surface area contributed by atoms with E-state index in [-0.39, 0.29) is 17.9 Å². The van der Waals surface area contributed by atoms with Gasteiger partial charge in [0, 0.05) is 25.8 Å². The van der Waals surface area contributed by atoms with E-state index in [1.807, 2.05) is 13.8 Å². The van der Waals surface area contributed by atoms with Gasteiger partial charge in [-0.1, -0.05) is 13.8 Å². The van der Waals surface area contributed by atoms with Gasteiger partial charge in [-0.2, -0.15) is 9.40 Å². The first-order valence-electron chi connectivity index (χ1n) is 8.27. The molecule has 4 heterocycles. The molecule has 0 aromatic carbocycles. The molecule has 2 bridgehead atoms. The van der Waals surface area contributed by atoms with Crippen LogP contribution in [0.5, 0.6) is 0 Å². The molecule has 1 N–H and O–H groups in total. The van der Waals surface area contributed by atoms with Crippen LogP contribution in [0.4, 0.5) is 0 Å². The zero-order valence-electron chi connectivity index (χ0n) is 13.8. The van der Waals surface area contributed by atoms with Crippen LogP contribution in [-0.2, 0) is 14.8 Å². The van der Waals surface area contributed by atoms with Gasteiger partial charge in [0.1, 0.15) is 16.5 Å². The summed E-state index contributed by atoms with van der Waals surface area (Å²) in [6.07, 6.45) is 1.78. The number of hydrogen-bond acceptors (Lipinski definition) is 5. The smallest absolute Gasteiger partial charge is 0.272 e. The van der Waals surface area contributed by atoms with Gasteiger partial charge in [0.15, 0.2) is 0 Å². The Morgan fingerprint density at radius 2 is 2.29 bits per heavy atom. The SMILES string of the molecule is CC(C)CN1C[C@]23CN(C(=O)c4ccn[nH]4)C[C@@H](C[C@H]2S1(=O)=O)O3. The van der Waals surface area contributed by atoms with Crippen molar-refractivity contribution in [2.45, 2.75) is 37.2 Å². The van der Waals surface area contributed by atoms with Crippen LogP contribution >= 0.6 is 0 Å². The number of carbonyl (C=O) groups excluding carboxylic acids is 1. The summed E-state index contributed by atoms with van der Waals surface area (Å²) in [7, 11) is -3.38. The molecule has 0 unspecified atom stereocenters. The van der Waals surface area contributed by atoms with Crippen molar-refractivity contribution in [1.82, 2.24) is 19.4 Å². The summed E-state index contributed by atoms with van der Waals surface area (Å²) in [5.74, 6) is 0.0950. The maximum Gasteiger partial charge on any atom is 0.272 e. The van der Waals surface area contributed by atoms with Crippen LogP contribution in [-0.4, -0.2) is 76.9 Å². The summed E-state index contributed by atoms with van der Waals surface area (Å²) in [4.78, 5) is 14.3. The first kappa shape index (κ1) is 16.0. The average molecular weight is 354 g/mol. The van der Waals surface area contributed by atoms with E-state index in [9.17, 15) is 13.2 Å². The number of sulfonamides is 1. The molecule has 24 heavy (non-hydrogen) atoms. The Hall–Kier alpha value is -1.45. The largest absolute Gasteiger partial charge is 0.365 e. The standard InChI is InChI=1S/C15H22N4O4S/c1-10(2)6-19-9-15-8-18(14(20)12-3-4-16-17-12)7-11(23-15)5-13(15)24(19,21)22/h3-4,10-11,13H,5-9H2,1-2H3,(H,16,17)/t11-,13-,15-/m1/s1. The van der Waals surface area contributed by atoms with Gasteiger partial charge in [0.05, 0.1) is 12.6 Å². The molecule has 1 spiro atoms. The predicted octanol–water partition coefficient (Wildman–Crippen LogP) is 0.0632. The molecular weight excluding hydrogens is 332 g/mol. The summed E-state index contributed by atoms with van der Waals surface area (Å²) in [6, 6.07) is 1.63. The summed E-state index contributed by atoms with van der Waals surface area (Å²) in [5, 5.41) is 5.95. The van der Waals surface area contributed by atoms with E-state index in [1.165, 1.54) is 6.20 Å². The Labute approximate surface area is 141 Å². The van der Waals surface area contributed by atoms with Crippen molar-refractivity contribution in [2.75, 3.05) is 26.2 Å². The predicted molar refractivity (Wildman–Crippen MR) is 85.8 cm³/mol. The Morgan fingerprint density at radius 1 is 1.50 bits per heavy atom. The van der Waals surface area contributed by atoms with Gasteiger partial charge >= 0.3 is 0 Å². The van der Waals surface area contributed by atoms with Gasteiger partial charge in [-0.05, 0) is 18.4 Å². The maximum absolute atomic E-state index is 12.9. The van der Waals surface area contributed by atoms with Crippen molar-refractivity contribution in [3.8, 4) is 0 Å². The van der Waals surface area contributed by atoms with Crippen molar-refractivity contribution in [2.24, 2.45) is 5.92 Å². The third-order valence-corrected chi connectivity index (χ3v) is 7.44. The number of hydrogen-bond donors (Lipinski definition) is 1.